The van der Waals surface area contributed by atoms with E-state index in [0.717, 1.165) is 11.5 Å². The molecule has 0 aliphatic rings. The van der Waals surface area contributed by atoms with Gasteiger partial charge in [-0.1, -0.05) is 30.3 Å². The number of carbonyl (C=O) groups is 1. The van der Waals surface area contributed by atoms with Crippen molar-refractivity contribution in [2.45, 2.75) is 12.2 Å². The van der Waals surface area contributed by atoms with Gasteiger partial charge in [-0.25, -0.2) is 9.97 Å². The van der Waals surface area contributed by atoms with Gasteiger partial charge in [0.2, 0.25) is 11.9 Å². The number of rotatable bonds is 6. The monoisotopic (exact) mass is 273 g/mol. The molecule has 0 unspecified atom stereocenters. The maximum Gasteiger partial charge on any atom is 0.229 e. The Hall–Kier alpha value is -1.88. The maximum absolute atomic E-state index is 11.6. The summed E-state index contributed by atoms with van der Waals surface area (Å²) in [5, 5.41) is 2.67. The third kappa shape index (κ3) is 5.09. The Bertz CT molecular complexity index is 505. The van der Waals surface area contributed by atoms with E-state index in [-0.39, 0.29) is 5.91 Å². The van der Waals surface area contributed by atoms with E-state index in [1.807, 2.05) is 18.2 Å². The summed E-state index contributed by atoms with van der Waals surface area (Å²) in [4.78, 5) is 19.5. The van der Waals surface area contributed by atoms with Crippen LogP contribution in [0, 0.1) is 0 Å². The second-order valence-electron chi connectivity index (χ2n) is 3.91. The Balaban J connectivity index is 1.65. The van der Waals surface area contributed by atoms with Gasteiger partial charge in [-0.2, -0.15) is 11.8 Å². The number of amides is 1. The van der Waals surface area contributed by atoms with Crippen molar-refractivity contribution in [3.63, 3.8) is 0 Å². The molecule has 19 heavy (non-hydrogen) atoms. The first-order valence-electron chi connectivity index (χ1n) is 6.03. The summed E-state index contributed by atoms with van der Waals surface area (Å²) in [6, 6.07) is 11.9. The van der Waals surface area contributed by atoms with E-state index in [0.29, 0.717) is 12.4 Å². The average Bonchev–Trinajstić information content (AvgIpc) is 2.46. The van der Waals surface area contributed by atoms with Gasteiger partial charge in [-0.3, -0.25) is 10.1 Å². The fourth-order valence-corrected chi connectivity index (χ4v) is 2.38. The van der Waals surface area contributed by atoms with Crippen LogP contribution in [0.2, 0.25) is 0 Å². The smallest absolute Gasteiger partial charge is 0.229 e. The number of hydrogen-bond donors (Lipinski definition) is 1. The molecule has 1 amide bonds. The van der Waals surface area contributed by atoms with Crippen LogP contribution in [0.25, 0.3) is 0 Å². The Labute approximate surface area is 116 Å². The zero-order chi connectivity index (χ0) is 13.3. The van der Waals surface area contributed by atoms with Gasteiger partial charge in [0.15, 0.2) is 0 Å². The molecular weight excluding hydrogens is 258 g/mol. The zero-order valence-corrected chi connectivity index (χ0v) is 11.3. The molecule has 2 aromatic rings. The number of benzene rings is 1. The molecule has 1 aromatic carbocycles. The van der Waals surface area contributed by atoms with Crippen molar-refractivity contribution in [3.05, 3.63) is 54.4 Å². The summed E-state index contributed by atoms with van der Waals surface area (Å²) in [6.07, 6.45) is 3.68. The van der Waals surface area contributed by atoms with Gasteiger partial charge >= 0.3 is 0 Å². The molecule has 0 saturated carbocycles. The van der Waals surface area contributed by atoms with Crippen LogP contribution in [-0.2, 0) is 10.5 Å². The van der Waals surface area contributed by atoms with Crippen molar-refractivity contribution in [3.8, 4) is 0 Å². The fraction of sp³-hybridized carbons (Fsp3) is 0.214. The number of anilines is 1. The molecule has 0 bridgehead atoms. The molecule has 0 aliphatic carbocycles. The molecule has 98 valence electrons. The van der Waals surface area contributed by atoms with Gasteiger partial charge in [0.05, 0.1) is 0 Å². The molecule has 0 saturated heterocycles. The van der Waals surface area contributed by atoms with E-state index in [4.69, 9.17) is 0 Å². The van der Waals surface area contributed by atoms with Crippen LogP contribution in [0.15, 0.2) is 48.8 Å². The van der Waals surface area contributed by atoms with Crippen LogP contribution < -0.4 is 5.32 Å². The van der Waals surface area contributed by atoms with Crippen molar-refractivity contribution in [2.75, 3.05) is 11.1 Å². The highest BCUT2D eigenvalue weighted by Crippen LogP contribution is 2.12. The SMILES string of the molecule is O=C(CCSCc1ccccc1)Nc1ncccn1. The lowest BCUT2D eigenvalue weighted by atomic mass is 10.2. The van der Waals surface area contributed by atoms with E-state index < -0.39 is 0 Å². The number of carbonyl (C=O) groups excluding carboxylic acids is 1. The van der Waals surface area contributed by atoms with Gasteiger partial charge in [-0.05, 0) is 11.6 Å². The summed E-state index contributed by atoms with van der Waals surface area (Å²) in [5.41, 5.74) is 1.28. The first-order chi connectivity index (χ1) is 9.34. The summed E-state index contributed by atoms with van der Waals surface area (Å²) >= 11 is 1.74. The maximum atomic E-state index is 11.6. The number of hydrogen-bond acceptors (Lipinski definition) is 4. The molecule has 1 heterocycles. The van der Waals surface area contributed by atoms with E-state index in [9.17, 15) is 4.79 Å². The summed E-state index contributed by atoms with van der Waals surface area (Å²) in [7, 11) is 0. The Morgan fingerprint density at radius 2 is 1.84 bits per heavy atom. The summed E-state index contributed by atoms with van der Waals surface area (Å²) in [5.74, 6) is 2.02. The van der Waals surface area contributed by atoms with E-state index >= 15 is 0 Å². The van der Waals surface area contributed by atoms with Crippen molar-refractivity contribution in [1.82, 2.24) is 9.97 Å². The van der Waals surface area contributed by atoms with Crippen molar-refractivity contribution in [1.29, 1.82) is 0 Å². The summed E-state index contributed by atoms with van der Waals surface area (Å²) < 4.78 is 0. The topological polar surface area (TPSA) is 54.9 Å². The molecule has 0 radical (unpaired) electrons. The van der Waals surface area contributed by atoms with Crippen LogP contribution in [0.1, 0.15) is 12.0 Å². The van der Waals surface area contributed by atoms with Crippen LogP contribution in [-0.4, -0.2) is 21.6 Å². The lowest BCUT2D eigenvalue weighted by Crippen LogP contribution is -2.14. The van der Waals surface area contributed by atoms with Gasteiger partial charge in [0.1, 0.15) is 0 Å². The quantitative estimate of drug-likeness (QED) is 0.822. The molecule has 5 heteroatoms. The third-order valence-corrected chi connectivity index (χ3v) is 3.43. The standard InChI is InChI=1S/C14H15N3OS/c18-13(17-14-15-8-4-9-16-14)7-10-19-11-12-5-2-1-3-6-12/h1-6,8-9H,7,10-11H2,(H,15,16,17,18). The molecule has 1 N–H and O–H groups in total. The van der Waals surface area contributed by atoms with Crippen molar-refractivity contribution >= 4 is 23.6 Å². The molecule has 0 aliphatic heterocycles. The molecular formula is C14H15N3OS. The predicted molar refractivity (Wildman–Crippen MR) is 77.9 cm³/mol. The van der Waals surface area contributed by atoms with Gasteiger partial charge < -0.3 is 0 Å². The molecule has 1 aromatic heterocycles. The zero-order valence-electron chi connectivity index (χ0n) is 10.5. The van der Waals surface area contributed by atoms with E-state index in [2.05, 4.69) is 27.4 Å². The Kier molecular flexibility index (Phi) is 5.37. The largest absolute Gasteiger partial charge is 0.295 e. The first-order valence-corrected chi connectivity index (χ1v) is 7.18. The highest BCUT2D eigenvalue weighted by atomic mass is 32.2. The van der Waals surface area contributed by atoms with Gasteiger partial charge in [0, 0.05) is 30.3 Å². The van der Waals surface area contributed by atoms with Crippen LogP contribution >= 0.6 is 11.8 Å². The minimum Gasteiger partial charge on any atom is -0.295 e. The lowest BCUT2D eigenvalue weighted by molar-refractivity contribution is -0.115. The van der Waals surface area contributed by atoms with Crippen LogP contribution in [0.5, 0.6) is 0 Å². The predicted octanol–water partition coefficient (Wildman–Crippen LogP) is 2.74. The normalized spacial score (nSPS) is 10.1. The lowest BCUT2D eigenvalue weighted by Gasteiger charge is -2.03. The Morgan fingerprint density at radius 3 is 2.58 bits per heavy atom. The second kappa shape index (κ2) is 7.53. The Morgan fingerprint density at radius 1 is 1.11 bits per heavy atom. The number of aromatic nitrogens is 2. The number of thioether (sulfide) groups is 1. The first kappa shape index (κ1) is 13.5. The van der Waals surface area contributed by atoms with E-state index in [1.54, 1.807) is 30.2 Å². The summed E-state index contributed by atoms with van der Waals surface area (Å²) in [6.45, 7) is 0. The van der Waals surface area contributed by atoms with Crippen molar-refractivity contribution < 1.29 is 4.79 Å². The number of nitrogens with one attached hydrogen (secondary N) is 1. The second-order valence-corrected chi connectivity index (χ2v) is 5.01. The van der Waals surface area contributed by atoms with E-state index in [1.165, 1.54) is 5.56 Å². The molecule has 4 nitrogen and oxygen atoms in total. The van der Waals surface area contributed by atoms with Crippen LogP contribution in [0.4, 0.5) is 5.95 Å². The van der Waals surface area contributed by atoms with Crippen molar-refractivity contribution in [2.24, 2.45) is 0 Å². The van der Waals surface area contributed by atoms with Gasteiger partial charge in [0.25, 0.3) is 0 Å². The molecule has 0 atom stereocenters. The third-order valence-electron chi connectivity index (χ3n) is 2.40. The van der Waals surface area contributed by atoms with Crippen LogP contribution in [0.3, 0.4) is 0 Å². The average molecular weight is 273 g/mol. The van der Waals surface area contributed by atoms with Gasteiger partial charge in [-0.15, -0.1) is 0 Å². The minimum absolute atomic E-state index is 0.0493. The highest BCUT2D eigenvalue weighted by Gasteiger charge is 2.03. The molecule has 0 spiro atoms. The minimum atomic E-state index is -0.0493. The molecule has 2 rings (SSSR count). The molecule has 0 fully saturated rings. The number of nitrogens with zero attached hydrogens (tertiary/aromatic N) is 2. The highest BCUT2D eigenvalue weighted by molar-refractivity contribution is 7.98. The fourth-order valence-electron chi connectivity index (χ4n) is 1.48.